The first-order valence-electron chi connectivity index (χ1n) is 11.1. The molecule has 0 spiro atoms. The van der Waals surface area contributed by atoms with Gasteiger partial charge in [0.05, 0.1) is 16.5 Å². The SMILES string of the molecule is Cc1ccc(OCC(=O)NCC(C)(C)C(=O)OCC(C)(C)c2nnc3c(Cl)c(C)[nH]n23)c(C)c1. The maximum Gasteiger partial charge on any atom is 0.313 e. The number of hydrogen-bond acceptors (Lipinski definition) is 6. The number of rotatable bonds is 9. The number of nitrogens with zero attached hydrogens (tertiary/aromatic N) is 3. The highest BCUT2D eigenvalue weighted by Crippen LogP contribution is 2.28. The molecule has 0 radical (unpaired) electrons. The Morgan fingerprint density at radius 1 is 1.15 bits per heavy atom. The molecule has 34 heavy (non-hydrogen) atoms. The van der Waals surface area contributed by atoms with E-state index < -0.39 is 16.8 Å². The lowest BCUT2D eigenvalue weighted by Gasteiger charge is -2.27. The number of ether oxygens (including phenoxy) is 2. The van der Waals surface area contributed by atoms with Crippen LogP contribution in [0.25, 0.3) is 5.65 Å². The van der Waals surface area contributed by atoms with Crippen molar-refractivity contribution >= 4 is 29.1 Å². The van der Waals surface area contributed by atoms with E-state index in [2.05, 4.69) is 20.6 Å². The summed E-state index contributed by atoms with van der Waals surface area (Å²) in [7, 11) is 0. The van der Waals surface area contributed by atoms with Crippen molar-refractivity contribution in [1.82, 2.24) is 25.1 Å². The van der Waals surface area contributed by atoms with Crippen LogP contribution >= 0.6 is 11.6 Å². The fourth-order valence-corrected chi connectivity index (χ4v) is 3.57. The molecule has 3 rings (SSSR count). The number of nitrogens with one attached hydrogen (secondary N) is 2. The quantitative estimate of drug-likeness (QED) is 0.443. The highest BCUT2D eigenvalue weighted by molar-refractivity contribution is 6.34. The average molecular weight is 490 g/mol. The van der Waals surface area contributed by atoms with Crippen molar-refractivity contribution in [3.05, 3.63) is 45.9 Å². The van der Waals surface area contributed by atoms with Gasteiger partial charge in [0.25, 0.3) is 5.91 Å². The van der Waals surface area contributed by atoms with E-state index in [1.165, 1.54) is 0 Å². The summed E-state index contributed by atoms with van der Waals surface area (Å²) in [5.41, 5.74) is 1.82. The standard InChI is InChI=1S/C24H32ClN5O4/c1-14-8-9-17(15(2)10-14)33-11-18(31)26-12-23(4,5)22(32)34-13-24(6,7)21-28-27-20-19(25)16(3)29-30(20)21/h8-10,29H,11-13H2,1-7H3,(H,26,31). The zero-order valence-corrected chi connectivity index (χ0v) is 21.5. The molecule has 0 bridgehead atoms. The summed E-state index contributed by atoms with van der Waals surface area (Å²) in [5.74, 6) is 0.506. The predicted molar refractivity (Wildman–Crippen MR) is 129 cm³/mol. The van der Waals surface area contributed by atoms with Crippen molar-refractivity contribution in [3.8, 4) is 5.75 Å². The van der Waals surface area contributed by atoms with E-state index in [1.807, 2.05) is 52.8 Å². The summed E-state index contributed by atoms with van der Waals surface area (Å²) in [6.07, 6.45) is 0. The maximum atomic E-state index is 12.8. The molecular weight excluding hydrogens is 458 g/mol. The number of H-pyrrole nitrogens is 1. The van der Waals surface area contributed by atoms with Crippen molar-refractivity contribution < 1.29 is 19.1 Å². The summed E-state index contributed by atoms with van der Waals surface area (Å²) in [6, 6.07) is 5.76. The summed E-state index contributed by atoms with van der Waals surface area (Å²) < 4.78 is 12.9. The highest BCUT2D eigenvalue weighted by Gasteiger charge is 2.35. The number of amides is 1. The van der Waals surface area contributed by atoms with Gasteiger partial charge >= 0.3 is 5.97 Å². The number of carbonyl (C=O) groups excluding carboxylic acids is 2. The number of aryl methyl sites for hydroxylation is 3. The van der Waals surface area contributed by atoms with E-state index in [4.69, 9.17) is 21.1 Å². The van der Waals surface area contributed by atoms with Crippen molar-refractivity contribution in [2.75, 3.05) is 19.8 Å². The highest BCUT2D eigenvalue weighted by atomic mass is 35.5. The minimum atomic E-state index is -0.933. The van der Waals surface area contributed by atoms with E-state index in [9.17, 15) is 9.59 Å². The fourth-order valence-electron chi connectivity index (χ4n) is 3.41. The Bertz CT molecular complexity index is 1210. The molecule has 1 amide bonds. The van der Waals surface area contributed by atoms with Gasteiger partial charge in [-0.2, -0.15) is 0 Å². The molecule has 1 aromatic carbocycles. The molecule has 0 unspecified atom stereocenters. The molecule has 10 heteroatoms. The smallest absolute Gasteiger partial charge is 0.313 e. The molecule has 2 N–H and O–H groups in total. The summed E-state index contributed by atoms with van der Waals surface area (Å²) in [4.78, 5) is 25.1. The number of fused-ring (bicyclic) bond motifs is 1. The van der Waals surface area contributed by atoms with E-state index in [0.717, 1.165) is 16.8 Å². The number of benzene rings is 1. The molecule has 0 saturated carbocycles. The number of halogens is 1. The Morgan fingerprint density at radius 2 is 1.85 bits per heavy atom. The second kappa shape index (κ2) is 9.66. The van der Waals surface area contributed by atoms with Crippen LogP contribution in [-0.2, 0) is 19.7 Å². The normalized spacial score (nSPS) is 12.1. The number of aromatic amines is 1. The van der Waals surface area contributed by atoms with Gasteiger partial charge in [0.2, 0.25) is 0 Å². The third kappa shape index (κ3) is 5.52. The monoisotopic (exact) mass is 489 g/mol. The number of carbonyl (C=O) groups is 2. The van der Waals surface area contributed by atoms with E-state index in [-0.39, 0.29) is 25.7 Å². The van der Waals surface area contributed by atoms with Crippen LogP contribution in [0.1, 0.15) is 50.3 Å². The minimum absolute atomic E-state index is 0.0789. The lowest BCUT2D eigenvalue weighted by Crippen LogP contribution is -2.42. The topological polar surface area (TPSA) is 111 Å². The van der Waals surface area contributed by atoms with Gasteiger partial charge in [-0.05, 0) is 60.1 Å². The lowest BCUT2D eigenvalue weighted by atomic mass is 9.92. The molecule has 184 valence electrons. The largest absolute Gasteiger partial charge is 0.484 e. The van der Waals surface area contributed by atoms with Gasteiger partial charge in [-0.15, -0.1) is 10.2 Å². The van der Waals surface area contributed by atoms with Crippen LogP contribution < -0.4 is 10.1 Å². The molecule has 9 nitrogen and oxygen atoms in total. The van der Waals surface area contributed by atoms with E-state index >= 15 is 0 Å². The zero-order chi connectivity index (χ0) is 25.3. The first kappa shape index (κ1) is 25.6. The Labute approximate surface area is 204 Å². The summed E-state index contributed by atoms with van der Waals surface area (Å²) >= 11 is 6.24. The second-order valence-electron chi connectivity index (χ2n) is 9.91. The lowest BCUT2D eigenvalue weighted by molar-refractivity contribution is -0.155. The van der Waals surface area contributed by atoms with Crippen molar-refractivity contribution in [2.24, 2.45) is 5.41 Å². The van der Waals surface area contributed by atoms with Crippen molar-refractivity contribution in [2.45, 2.75) is 53.9 Å². The van der Waals surface area contributed by atoms with Crippen LogP contribution in [0.5, 0.6) is 5.75 Å². The number of aromatic nitrogens is 4. The minimum Gasteiger partial charge on any atom is -0.484 e. The van der Waals surface area contributed by atoms with Crippen LogP contribution in [0.15, 0.2) is 18.2 Å². The zero-order valence-electron chi connectivity index (χ0n) is 20.7. The van der Waals surface area contributed by atoms with E-state index in [1.54, 1.807) is 18.4 Å². The molecule has 2 aromatic heterocycles. The van der Waals surface area contributed by atoms with Crippen molar-refractivity contribution in [1.29, 1.82) is 0 Å². The van der Waals surface area contributed by atoms with Crippen LogP contribution in [0, 0.1) is 26.2 Å². The predicted octanol–water partition coefficient (Wildman–Crippen LogP) is 3.68. The third-order valence-corrected chi connectivity index (χ3v) is 6.06. The molecule has 3 aromatic rings. The molecule has 0 saturated heterocycles. The molecule has 0 fully saturated rings. The Kier molecular flexibility index (Phi) is 7.26. The van der Waals surface area contributed by atoms with Gasteiger partial charge in [-0.1, -0.05) is 29.3 Å². The van der Waals surface area contributed by atoms with Gasteiger partial charge in [-0.25, -0.2) is 4.52 Å². The molecular formula is C24H32ClN5O4. The number of hydrogen-bond donors (Lipinski definition) is 2. The molecule has 0 aliphatic rings. The van der Waals surface area contributed by atoms with Crippen LogP contribution in [0.3, 0.4) is 0 Å². The summed E-state index contributed by atoms with van der Waals surface area (Å²) in [5, 5.41) is 14.7. The Balaban J connectivity index is 1.53. The van der Waals surface area contributed by atoms with Crippen molar-refractivity contribution in [3.63, 3.8) is 0 Å². The van der Waals surface area contributed by atoms with Gasteiger partial charge in [0, 0.05) is 6.54 Å². The molecule has 0 aliphatic heterocycles. The van der Waals surface area contributed by atoms with Gasteiger partial charge in [0.1, 0.15) is 17.4 Å². The first-order chi connectivity index (χ1) is 15.8. The van der Waals surface area contributed by atoms with Crippen LogP contribution in [-0.4, -0.2) is 51.4 Å². The second-order valence-corrected chi connectivity index (χ2v) is 10.3. The maximum absolute atomic E-state index is 12.8. The van der Waals surface area contributed by atoms with Crippen LogP contribution in [0.4, 0.5) is 0 Å². The van der Waals surface area contributed by atoms with Crippen LogP contribution in [0.2, 0.25) is 5.02 Å². The summed E-state index contributed by atoms with van der Waals surface area (Å²) in [6.45, 7) is 13.1. The van der Waals surface area contributed by atoms with Gasteiger partial charge < -0.3 is 14.8 Å². The van der Waals surface area contributed by atoms with Gasteiger partial charge in [-0.3, -0.25) is 14.7 Å². The third-order valence-electron chi connectivity index (χ3n) is 5.61. The average Bonchev–Trinajstić information content (AvgIpc) is 3.30. The number of esters is 1. The Hall–Kier alpha value is -3.07. The van der Waals surface area contributed by atoms with E-state index in [0.29, 0.717) is 22.2 Å². The molecule has 0 atom stereocenters. The van der Waals surface area contributed by atoms with Gasteiger partial charge in [0.15, 0.2) is 18.1 Å². The fraction of sp³-hybridized carbons (Fsp3) is 0.500. The molecule has 2 heterocycles. The molecule has 0 aliphatic carbocycles. The first-order valence-corrected chi connectivity index (χ1v) is 11.4. The Morgan fingerprint density at radius 3 is 2.53 bits per heavy atom.